The third-order valence-electron chi connectivity index (χ3n) is 2.38. The van der Waals surface area contributed by atoms with Crippen LogP contribution in [0, 0.1) is 0 Å². The van der Waals surface area contributed by atoms with Gasteiger partial charge in [0.2, 0.25) is 0 Å². The molecular formula is C14H10Cl2O3S. The van der Waals surface area contributed by atoms with Crippen molar-refractivity contribution in [3.05, 3.63) is 56.2 Å². The Morgan fingerprint density at radius 2 is 2.20 bits per heavy atom. The second kappa shape index (κ2) is 6.79. The Morgan fingerprint density at radius 3 is 2.95 bits per heavy atom. The van der Waals surface area contributed by atoms with Crippen molar-refractivity contribution in [3.8, 4) is 5.75 Å². The molecule has 0 unspecified atom stereocenters. The van der Waals surface area contributed by atoms with Gasteiger partial charge in [0.15, 0.2) is 0 Å². The predicted octanol–water partition coefficient (Wildman–Crippen LogP) is 4.73. The number of carboxylic acids is 1. The Hall–Kier alpha value is -1.49. The molecule has 20 heavy (non-hydrogen) atoms. The van der Waals surface area contributed by atoms with Crippen LogP contribution in [0.15, 0.2) is 35.7 Å². The zero-order chi connectivity index (χ0) is 14.5. The lowest BCUT2D eigenvalue weighted by atomic mass is 10.3. The number of ether oxygens (including phenoxy) is 1. The van der Waals surface area contributed by atoms with Gasteiger partial charge in [0.05, 0.1) is 5.02 Å². The molecule has 0 bridgehead atoms. The molecule has 0 fully saturated rings. The van der Waals surface area contributed by atoms with Crippen LogP contribution in [0.5, 0.6) is 5.75 Å². The molecule has 0 saturated heterocycles. The first kappa shape index (κ1) is 14.9. The van der Waals surface area contributed by atoms with Crippen LogP contribution in [-0.4, -0.2) is 11.1 Å². The molecule has 0 atom stereocenters. The van der Waals surface area contributed by atoms with Gasteiger partial charge in [0.25, 0.3) is 0 Å². The molecular weight excluding hydrogens is 319 g/mol. The van der Waals surface area contributed by atoms with E-state index >= 15 is 0 Å². The van der Waals surface area contributed by atoms with Gasteiger partial charge in [-0.05, 0) is 35.2 Å². The fourth-order valence-electron chi connectivity index (χ4n) is 1.47. The molecule has 0 radical (unpaired) electrons. The summed E-state index contributed by atoms with van der Waals surface area (Å²) in [5, 5.41) is 11.2. The average molecular weight is 329 g/mol. The van der Waals surface area contributed by atoms with Crippen LogP contribution in [0.2, 0.25) is 10.0 Å². The summed E-state index contributed by atoms with van der Waals surface area (Å²) in [6.45, 7) is 0.353. The first-order chi connectivity index (χ1) is 9.56. The SMILES string of the molecule is O=C(O)C=Cc1csc(COc2cccc(Cl)c2Cl)c1. The molecule has 0 aliphatic heterocycles. The summed E-state index contributed by atoms with van der Waals surface area (Å²) in [6.07, 6.45) is 2.63. The van der Waals surface area contributed by atoms with Gasteiger partial charge < -0.3 is 9.84 Å². The molecule has 0 aliphatic carbocycles. The standard InChI is InChI=1S/C14H10Cl2O3S/c15-11-2-1-3-12(14(11)16)19-7-10-6-9(8-20-10)4-5-13(17)18/h1-6,8H,7H2,(H,17,18). The van der Waals surface area contributed by atoms with Gasteiger partial charge in [-0.3, -0.25) is 0 Å². The van der Waals surface area contributed by atoms with Crippen LogP contribution >= 0.6 is 34.5 Å². The lowest BCUT2D eigenvalue weighted by Crippen LogP contribution is -1.93. The third-order valence-corrected chi connectivity index (χ3v) is 4.11. The van der Waals surface area contributed by atoms with Crippen molar-refractivity contribution < 1.29 is 14.6 Å². The number of benzene rings is 1. The maximum Gasteiger partial charge on any atom is 0.328 e. The molecule has 2 aromatic rings. The molecule has 0 amide bonds. The monoisotopic (exact) mass is 328 g/mol. The lowest BCUT2D eigenvalue weighted by Gasteiger charge is -2.07. The molecule has 0 spiro atoms. The summed E-state index contributed by atoms with van der Waals surface area (Å²) in [7, 11) is 0. The second-order valence-electron chi connectivity index (χ2n) is 3.86. The topological polar surface area (TPSA) is 46.5 Å². The number of hydrogen-bond acceptors (Lipinski definition) is 3. The van der Waals surface area contributed by atoms with E-state index in [4.69, 9.17) is 33.0 Å². The van der Waals surface area contributed by atoms with Crippen molar-refractivity contribution in [2.75, 3.05) is 0 Å². The van der Waals surface area contributed by atoms with Gasteiger partial charge in [0, 0.05) is 11.0 Å². The van der Waals surface area contributed by atoms with E-state index in [1.165, 1.54) is 17.4 Å². The predicted molar refractivity (Wildman–Crippen MR) is 81.8 cm³/mol. The fourth-order valence-corrected chi connectivity index (χ4v) is 2.58. The minimum Gasteiger partial charge on any atom is -0.486 e. The molecule has 0 aliphatic rings. The average Bonchev–Trinajstić information content (AvgIpc) is 2.86. The molecule has 1 aromatic heterocycles. The molecule has 6 heteroatoms. The van der Waals surface area contributed by atoms with Gasteiger partial charge in [-0.15, -0.1) is 11.3 Å². The summed E-state index contributed by atoms with van der Waals surface area (Å²) in [5.74, 6) is -0.449. The summed E-state index contributed by atoms with van der Waals surface area (Å²) < 4.78 is 5.60. The Morgan fingerprint density at radius 1 is 1.40 bits per heavy atom. The quantitative estimate of drug-likeness (QED) is 0.807. The number of hydrogen-bond donors (Lipinski definition) is 1. The van der Waals surface area contributed by atoms with Crippen molar-refractivity contribution >= 4 is 46.6 Å². The van der Waals surface area contributed by atoms with Crippen LogP contribution in [0.4, 0.5) is 0 Å². The minimum atomic E-state index is -0.972. The van der Waals surface area contributed by atoms with Crippen LogP contribution in [-0.2, 0) is 11.4 Å². The lowest BCUT2D eigenvalue weighted by molar-refractivity contribution is -0.131. The largest absolute Gasteiger partial charge is 0.486 e. The van der Waals surface area contributed by atoms with E-state index in [0.29, 0.717) is 22.4 Å². The Bertz CT molecular complexity index is 650. The van der Waals surface area contributed by atoms with Gasteiger partial charge in [-0.25, -0.2) is 4.79 Å². The van der Waals surface area contributed by atoms with Crippen LogP contribution in [0.25, 0.3) is 6.08 Å². The van der Waals surface area contributed by atoms with Crippen molar-refractivity contribution in [3.63, 3.8) is 0 Å². The second-order valence-corrected chi connectivity index (χ2v) is 5.64. The summed E-state index contributed by atoms with van der Waals surface area (Å²) in [4.78, 5) is 11.4. The van der Waals surface area contributed by atoms with E-state index in [0.717, 1.165) is 16.5 Å². The molecule has 3 nitrogen and oxygen atoms in total. The maximum atomic E-state index is 10.4. The number of halogens is 2. The summed E-state index contributed by atoms with van der Waals surface area (Å²) in [5.41, 5.74) is 0.827. The highest BCUT2D eigenvalue weighted by Gasteiger charge is 2.06. The van der Waals surface area contributed by atoms with E-state index in [1.807, 2.05) is 11.4 Å². The van der Waals surface area contributed by atoms with Gasteiger partial charge >= 0.3 is 5.97 Å². The van der Waals surface area contributed by atoms with Crippen LogP contribution in [0.3, 0.4) is 0 Å². The zero-order valence-electron chi connectivity index (χ0n) is 10.2. The normalized spacial score (nSPS) is 10.9. The molecule has 2 rings (SSSR count). The molecule has 1 N–H and O–H groups in total. The van der Waals surface area contributed by atoms with Gasteiger partial charge in [-0.1, -0.05) is 29.3 Å². The Labute approximate surface area is 130 Å². The summed E-state index contributed by atoms with van der Waals surface area (Å²) >= 11 is 13.4. The van der Waals surface area contributed by atoms with Crippen molar-refractivity contribution in [1.29, 1.82) is 0 Å². The fraction of sp³-hybridized carbons (Fsp3) is 0.0714. The van der Waals surface area contributed by atoms with E-state index in [2.05, 4.69) is 0 Å². The third kappa shape index (κ3) is 4.00. The molecule has 1 aromatic carbocycles. The maximum absolute atomic E-state index is 10.4. The number of rotatable bonds is 5. The molecule has 104 valence electrons. The van der Waals surface area contributed by atoms with Gasteiger partial charge in [-0.2, -0.15) is 0 Å². The minimum absolute atomic E-state index is 0.353. The van der Waals surface area contributed by atoms with E-state index in [9.17, 15) is 4.79 Å². The Kier molecular flexibility index (Phi) is 5.06. The first-order valence-electron chi connectivity index (χ1n) is 5.61. The number of carbonyl (C=O) groups is 1. The van der Waals surface area contributed by atoms with E-state index in [-0.39, 0.29) is 0 Å². The van der Waals surface area contributed by atoms with Crippen LogP contribution in [0.1, 0.15) is 10.4 Å². The van der Waals surface area contributed by atoms with Crippen molar-refractivity contribution in [1.82, 2.24) is 0 Å². The van der Waals surface area contributed by atoms with Crippen molar-refractivity contribution in [2.24, 2.45) is 0 Å². The highest BCUT2D eigenvalue weighted by Crippen LogP contribution is 2.32. The van der Waals surface area contributed by atoms with Crippen molar-refractivity contribution in [2.45, 2.75) is 6.61 Å². The number of aliphatic carboxylic acids is 1. The zero-order valence-corrected chi connectivity index (χ0v) is 12.5. The highest BCUT2D eigenvalue weighted by atomic mass is 35.5. The summed E-state index contributed by atoms with van der Waals surface area (Å²) in [6, 6.07) is 7.06. The number of carboxylic acid groups (broad SMARTS) is 1. The van der Waals surface area contributed by atoms with Gasteiger partial charge in [0.1, 0.15) is 17.4 Å². The number of thiophene rings is 1. The molecule has 1 heterocycles. The van der Waals surface area contributed by atoms with E-state index in [1.54, 1.807) is 18.2 Å². The highest BCUT2D eigenvalue weighted by molar-refractivity contribution is 7.10. The van der Waals surface area contributed by atoms with Crippen LogP contribution < -0.4 is 4.74 Å². The van der Waals surface area contributed by atoms with E-state index < -0.39 is 5.97 Å². The Balaban J connectivity index is 2.01. The first-order valence-corrected chi connectivity index (χ1v) is 7.25. The molecule has 0 saturated carbocycles. The smallest absolute Gasteiger partial charge is 0.328 e.